The van der Waals surface area contributed by atoms with Crippen molar-refractivity contribution in [3.05, 3.63) is 17.7 Å². The van der Waals surface area contributed by atoms with Crippen LogP contribution < -0.4 is 14.2 Å². The van der Waals surface area contributed by atoms with Gasteiger partial charge < -0.3 is 69.3 Å². The number of aliphatic hydroxyl groups is 8. The van der Waals surface area contributed by atoms with E-state index in [1.807, 2.05) is 0 Å². The van der Waals surface area contributed by atoms with Crippen molar-refractivity contribution < 1.29 is 69.3 Å². The Bertz CT molecular complexity index is 841. The molecule has 3 rings (SSSR count). The predicted molar refractivity (Wildman–Crippen MR) is 122 cm³/mol. The summed E-state index contributed by atoms with van der Waals surface area (Å²) >= 11 is 0. The van der Waals surface area contributed by atoms with Crippen LogP contribution in [-0.4, -0.2) is 136 Å². The third kappa shape index (κ3) is 6.43. The van der Waals surface area contributed by atoms with E-state index in [9.17, 15) is 40.9 Å². The smallest absolute Gasteiger partial charge is 0.229 e. The fraction of sp³-hybridized carbons (Fsp3) is 0.739. The standard InChI is InChI=1S/C23H36O14/c1-9(34-22-19(30)17(28)15(26)13(7-24)35-22)4-10-5-11(32-2)21(12(6-10)33-3)37-23-20(31)18(29)16(27)14(8-25)36-23/h5-6,9,13-20,22-31H,4,7-8H2,1-3H3. The minimum absolute atomic E-state index is 0.0283. The highest BCUT2D eigenvalue weighted by Gasteiger charge is 2.46. The molecule has 0 amide bonds. The van der Waals surface area contributed by atoms with Crippen LogP contribution in [0.3, 0.4) is 0 Å². The van der Waals surface area contributed by atoms with Gasteiger partial charge >= 0.3 is 0 Å². The quantitative estimate of drug-likeness (QED) is 0.146. The van der Waals surface area contributed by atoms with E-state index >= 15 is 0 Å². The lowest BCUT2D eigenvalue weighted by atomic mass is 9.99. The molecule has 2 saturated heterocycles. The molecular weight excluding hydrogens is 500 g/mol. The summed E-state index contributed by atoms with van der Waals surface area (Å²) in [5.41, 5.74) is 0.631. The molecule has 0 aliphatic carbocycles. The van der Waals surface area contributed by atoms with E-state index in [4.69, 9.17) is 28.4 Å². The van der Waals surface area contributed by atoms with Crippen LogP contribution in [0.1, 0.15) is 12.5 Å². The zero-order chi connectivity index (χ0) is 27.4. The molecule has 0 saturated carbocycles. The number of hydrogen-bond acceptors (Lipinski definition) is 14. The van der Waals surface area contributed by atoms with Gasteiger partial charge in [-0.25, -0.2) is 0 Å². The monoisotopic (exact) mass is 536 g/mol. The molecule has 1 aromatic rings. The zero-order valence-corrected chi connectivity index (χ0v) is 20.7. The summed E-state index contributed by atoms with van der Waals surface area (Å²) in [6.07, 6.45) is -14.8. The van der Waals surface area contributed by atoms with Gasteiger partial charge in [-0.05, 0) is 31.0 Å². The summed E-state index contributed by atoms with van der Waals surface area (Å²) in [6, 6.07) is 3.18. The predicted octanol–water partition coefficient (Wildman–Crippen LogP) is -3.37. The van der Waals surface area contributed by atoms with Gasteiger partial charge in [0.05, 0.1) is 33.5 Å². The number of aliphatic hydroxyl groups excluding tert-OH is 8. The van der Waals surface area contributed by atoms with Gasteiger partial charge in [0.15, 0.2) is 17.8 Å². The number of hydrogen-bond donors (Lipinski definition) is 8. The Morgan fingerprint density at radius 3 is 1.65 bits per heavy atom. The van der Waals surface area contributed by atoms with Crippen molar-refractivity contribution in [3.63, 3.8) is 0 Å². The summed E-state index contributed by atoms with van der Waals surface area (Å²) in [6.45, 7) is 0.479. The Morgan fingerprint density at radius 2 is 1.19 bits per heavy atom. The molecule has 8 N–H and O–H groups in total. The summed E-state index contributed by atoms with van der Waals surface area (Å²) in [5, 5.41) is 79.2. The molecule has 0 spiro atoms. The van der Waals surface area contributed by atoms with Crippen molar-refractivity contribution >= 4 is 0 Å². The van der Waals surface area contributed by atoms with Gasteiger partial charge in [-0.1, -0.05) is 0 Å². The van der Waals surface area contributed by atoms with Crippen LogP contribution in [-0.2, 0) is 20.6 Å². The highest BCUT2D eigenvalue weighted by Crippen LogP contribution is 2.41. The van der Waals surface area contributed by atoms with Crippen molar-refractivity contribution in [3.8, 4) is 17.2 Å². The van der Waals surface area contributed by atoms with Crippen molar-refractivity contribution in [2.24, 2.45) is 0 Å². The minimum Gasteiger partial charge on any atom is -0.493 e. The molecule has 11 unspecified atom stereocenters. The van der Waals surface area contributed by atoms with Crippen LogP contribution in [0.2, 0.25) is 0 Å². The summed E-state index contributed by atoms with van der Waals surface area (Å²) in [7, 11) is 2.74. The first kappa shape index (κ1) is 29.7. The Morgan fingerprint density at radius 1 is 0.730 bits per heavy atom. The molecule has 2 aliphatic rings. The largest absolute Gasteiger partial charge is 0.493 e. The van der Waals surface area contributed by atoms with Crippen LogP contribution >= 0.6 is 0 Å². The Balaban J connectivity index is 1.75. The molecular formula is C23H36O14. The maximum absolute atomic E-state index is 10.3. The lowest BCUT2D eigenvalue weighted by Gasteiger charge is -2.40. The fourth-order valence-corrected chi connectivity index (χ4v) is 4.24. The van der Waals surface area contributed by atoms with E-state index in [1.165, 1.54) is 14.2 Å². The molecule has 0 radical (unpaired) electrons. The molecule has 37 heavy (non-hydrogen) atoms. The summed E-state index contributed by atoms with van der Waals surface area (Å²) in [5.74, 6) is 0.373. The molecule has 2 aliphatic heterocycles. The lowest BCUT2D eigenvalue weighted by Crippen LogP contribution is -2.60. The molecule has 212 valence electrons. The lowest BCUT2D eigenvalue weighted by molar-refractivity contribution is -0.309. The maximum atomic E-state index is 10.3. The fourth-order valence-electron chi connectivity index (χ4n) is 4.24. The molecule has 14 heteroatoms. The second kappa shape index (κ2) is 12.8. The SMILES string of the molecule is COc1cc(CC(C)OC2OC(CO)C(O)C(O)C2O)cc(OC)c1OC1OC(CO)C(O)C(O)C1O. The van der Waals surface area contributed by atoms with Gasteiger partial charge in [0, 0.05) is 0 Å². The van der Waals surface area contributed by atoms with Crippen LogP contribution in [0, 0.1) is 0 Å². The van der Waals surface area contributed by atoms with E-state index < -0.39 is 80.7 Å². The topological polar surface area (TPSA) is 217 Å². The second-order valence-electron chi connectivity index (χ2n) is 8.99. The first-order valence-electron chi connectivity index (χ1n) is 11.7. The Kier molecular flexibility index (Phi) is 10.3. The van der Waals surface area contributed by atoms with Crippen molar-refractivity contribution in [1.29, 1.82) is 0 Å². The number of rotatable bonds is 10. The second-order valence-corrected chi connectivity index (χ2v) is 8.99. The third-order valence-electron chi connectivity index (χ3n) is 6.34. The molecule has 0 bridgehead atoms. The first-order valence-corrected chi connectivity index (χ1v) is 11.7. The van der Waals surface area contributed by atoms with Crippen LogP contribution in [0.25, 0.3) is 0 Å². The normalized spacial score (nSPS) is 37.2. The maximum Gasteiger partial charge on any atom is 0.229 e. The molecule has 2 heterocycles. The summed E-state index contributed by atoms with van der Waals surface area (Å²) in [4.78, 5) is 0. The van der Waals surface area contributed by atoms with Gasteiger partial charge in [0.1, 0.15) is 48.8 Å². The van der Waals surface area contributed by atoms with Crippen molar-refractivity contribution in [1.82, 2.24) is 0 Å². The Hall–Kier alpha value is -1.82. The molecule has 1 aromatic carbocycles. The van der Waals surface area contributed by atoms with Crippen LogP contribution in [0.15, 0.2) is 12.1 Å². The minimum atomic E-state index is -1.64. The van der Waals surface area contributed by atoms with E-state index in [-0.39, 0.29) is 23.7 Å². The third-order valence-corrected chi connectivity index (χ3v) is 6.34. The molecule has 14 nitrogen and oxygen atoms in total. The number of benzene rings is 1. The van der Waals surface area contributed by atoms with E-state index in [2.05, 4.69) is 0 Å². The van der Waals surface area contributed by atoms with Gasteiger partial charge in [-0.2, -0.15) is 0 Å². The number of ether oxygens (including phenoxy) is 6. The highest BCUT2D eigenvalue weighted by atomic mass is 16.7. The van der Waals surface area contributed by atoms with Gasteiger partial charge in [-0.3, -0.25) is 0 Å². The highest BCUT2D eigenvalue weighted by molar-refractivity contribution is 5.54. The molecule has 0 aromatic heterocycles. The molecule has 2 fully saturated rings. The summed E-state index contributed by atoms with van der Waals surface area (Å²) < 4.78 is 33.1. The van der Waals surface area contributed by atoms with Crippen LogP contribution in [0.5, 0.6) is 17.2 Å². The average Bonchev–Trinajstić information content (AvgIpc) is 2.89. The van der Waals surface area contributed by atoms with Crippen LogP contribution in [0.4, 0.5) is 0 Å². The number of methoxy groups -OCH3 is 2. The van der Waals surface area contributed by atoms with E-state index in [1.54, 1.807) is 19.1 Å². The first-order chi connectivity index (χ1) is 17.6. The van der Waals surface area contributed by atoms with Crippen molar-refractivity contribution in [2.75, 3.05) is 27.4 Å². The Labute approximate surface area is 213 Å². The van der Waals surface area contributed by atoms with Gasteiger partial charge in [0.2, 0.25) is 12.0 Å². The average molecular weight is 537 g/mol. The van der Waals surface area contributed by atoms with Gasteiger partial charge in [0.25, 0.3) is 0 Å². The van der Waals surface area contributed by atoms with Crippen molar-refractivity contribution in [2.45, 2.75) is 80.9 Å². The zero-order valence-electron chi connectivity index (χ0n) is 20.7. The van der Waals surface area contributed by atoms with Gasteiger partial charge in [-0.15, -0.1) is 0 Å². The van der Waals surface area contributed by atoms with E-state index in [0.717, 1.165) is 0 Å². The molecule has 11 atom stereocenters. The van der Waals surface area contributed by atoms with E-state index in [0.29, 0.717) is 5.56 Å².